The molecule has 1 saturated heterocycles. The fraction of sp³-hybridized carbons (Fsp3) is 0.273. The number of fused-ring (bicyclic) bond motifs is 5. The maximum atomic E-state index is 6.30. The molecule has 0 aliphatic carbocycles. The van der Waals surface area contributed by atoms with E-state index in [1.165, 1.54) is 5.39 Å². The summed E-state index contributed by atoms with van der Waals surface area (Å²) in [7, 11) is -0.407. The molecule has 0 atom stereocenters. The summed E-state index contributed by atoms with van der Waals surface area (Å²) in [6.45, 7) is 8.31. The molecular formula is C22H21BO3. The smallest absolute Gasteiger partial charge is 0.455 e. The molecular weight excluding hydrogens is 323 g/mol. The van der Waals surface area contributed by atoms with E-state index < -0.39 is 7.12 Å². The highest BCUT2D eigenvalue weighted by atomic mass is 16.7. The summed E-state index contributed by atoms with van der Waals surface area (Å²) in [5.41, 5.74) is 2.07. The molecule has 0 unspecified atom stereocenters. The summed E-state index contributed by atoms with van der Waals surface area (Å²) in [6, 6.07) is 18.7. The average molecular weight is 344 g/mol. The minimum atomic E-state index is -0.407. The Morgan fingerprint density at radius 2 is 1.46 bits per heavy atom. The number of rotatable bonds is 1. The van der Waals surface area contributed by atoms with Crippen LogP contribution < -0.4 is 5.46 Å². The Labute approximate surface area is 153 Å². The van der Waals surface area contributed by atoms with Crippen molar-refractivity contribution in [1.29, 1.82) is 0 Å². The van der Waals surface area contributed by atoms with Crippen LogP contribution in [-0.2, 0) is 9.31 Å². The second kappa shape index (κ2) is 5.12. The average Bonchev–Trinajstić information content (AvgIpc) is 3.09. The van der Waals surface area contributed by atoms with E-state index in [1.807, 2.05) is 24.3 Å². The zero-order valence-electron chi connectivity index (χ0n) is 15.5. The predicted octanol–water partition coefficient (Wildman–Crippen LogP) is 5.04. The molecule has 0 radical (unpaired) electrons. The monoisotopic (exact) mass is 344 g/mol. The van der Waals surface area contributed by atoms with Gasteiger partial charge in [-0.25, -0.2) is 0 Å². The molecule has 3 nitrogen and oxygen atoms in total. The summed E-state index contributed by atoms with van der Waals surface area (Å²) >= 11 is 0. The fourth-order valence-electron chi connectivity index (χ4n) is 3.75. The molecule has 3 aromatic carbocycles. The van der Waals surface area contributed by atoms with Gasteiger partial charge in [-0.15, -0.1) is 0 Å². The van der Waals surface area contributed by atoms with Crippen molar-refractivity contribution in [1.82, 2.24) is 0 Å². The number of hydrogen-bond acceptors (Lipinski definition) is 3. The Bertz CT molecular complexity index is 1140. The molecule has 1 aliphatic rings. The van der Waals surface area contributed by atoms with Gasteiger partial charge in [0.25, 0.3) is 0 Å². The summed E-state index contributed by atoms with van der Waals surface area (Å²) < 4.78 is 18.9. The first kappa shape index (κ1) is 15.9. The summed E-state index contributed by atoms with van der Waals surface area (Å²) in [5.74, 6) is 0. The normalized spacial score (nSPS) is 19.0. The molecule has 0 amide bonds. The maximum absolute atomic E-state index is 6.30. The number of furan rings is 1. The van der Waals surface area contributed by atoms with Gasteiger partial charge in [0.2, 0.25) is 0 Å². The van der Waals surface area contributed by atoms with E-state index in [9.17, 15) is 0 Å². The maximum Gasteiger partial charge on any atom is 0.495 e. The standard InChI is InChI=1S/C22H21BO3/c1-21(2)22(3,4)26-23(25-21)17-10-7-11-18-19(17)16-13-12-14-8-5-6-9-15(14)20(16)24-18/h5-13H,1-4H3. The third-order valence-electron chi connectivity index (χ3n) is 5.93. The van der Waals surface area contributed by atoms with Gasteiger partial charge < -0.3 is 13.7 Å². The van der Waals surface area contributed by atoms with E-state index in [0.717, 1.165) is 32.8 Å². The van der Waals surface area contributed by atoms with Crippen molar-refractivity contribution in [2.75, 3.05) is 0 Å². The van der Waals surface area contributed by atoms with Crippen LogP contribution in [0.4, 0.5) is 0 Å². The van der Waals surface area contributed by atoms with E-state index in [2.05, 4.69) is 58.0 Å². The van der Waals surface area contributed by atoms with E-state index in [4.69, 9.17) is 13.7 Å². The van der Waals surface area contributed by atoms with Crippen LogP contribution >= 0.6 is 0 Å². The highest BCUT2D eigenvalue weighted by molar-refractivity contribution is 6.66. The van der Waals surface area contributed by atoms with Gasteiger partial charge in [-0.05, 0) is 50.7 Å². The van der Waals surface area contributed by atoms with Crippen LogP contribution in [-0.4, -0.2) is 18.3 Å². The summed E-state index contributed by atoms with van der Waals surface area (Å²) in [5, 5.41) is 4.48. The molecule has 1 fully saturated rings. The van der Waals surface area contributed by atoms with Gasteiger partial charge in [0.1, 0.15) is 11.2 Å². The van der Waals surface area contributed by atoms with Gasteiger partial charge in [-0.1, -0.05) is 42.5 Å². The fourth-order valence-corrected chi connectivity index (χ4v) is 3.75. The molecule has 130 valence electrons. The van der Waals surface area contributed by atoms with Crippen LogP contribution in [0.5, 0.6) is 0 Å². The molecule has 1 aliphatic heterocycles. The van der Waals surface area contributed by atoms with E-state index >= 15 is 0 Å². The lowest BCUT2D eigenvalue weighted by atomic mass is 9.76. The van der Waals surface area contributed by atoms with Gasteiger partial charge in [-0.3, -0.25) is 0 Å². The van der Waals surface area contributed by atoms with Crippen molar-refractivity contribution in [3.63, 3.8) is 0 Å². The third-order valence-corrected chi connectivity index (χ3v) is 5.93. The molecule has 0 N–H and O–H groups in total. The van der Waals surface area contributed by atoms with Crippen LogP contribution in [0.2, 0.25) is 0 Å². The van der Waals surface area contributed by atoms with Crippen LogP contribution in [0.3, 0.4) is 0 Å². The highest BCUT2D eigenvalue weighted by Gasteiger charge is 2.52. The molecule has 0 bridgehead atoms. The van der Waals surface area contributed by atoms with Crippen LogP contribution in [0.1, 0.15) is 27.7 Å². The van der Waals surface area contributed by atoms with E-state index in [0.29, 0.717) is 0 Å². The van der Waals surface area contributed by atoms with Gasteiger partial charge >= 0.3 is 7.12 Å². The van der Waals surface area contributed by atoms with Crippen molar-refractivity contribution >= 4 is 45.3 Å². The minimum absolute atomic E-state index is 0.369. The SMILES string of the molecule is CC1(C)OB(c2cccc3oc4c5ccccc5ccc4c23)OC1(C)C. The largest absolute Gasteiger partial charge is 0.495 e. The van der Waals surface area contributed by atoms with Gasteiger partial charge in [0.05, 0.1) is 11.2 Å². The first-order valence-electron chi connectivity index (χ1n) is 9.06. The lowest BCUT2D eigenvalue weighted by Gasteiger charge is -2.32. The lowest BCUT2D eigenvalue weighted by molar-refractivity contribution is 0.00578. The first-order chi connectivity index (χ1) is 12.4. The number of benzene rings is 3. The third kappa shape index (κ3) is 2.09. The Morgan fingerprint density at radius 3 is 2.23 bits per heavy atom. The molecule has 1 aromatic heterocycles. The molecule has 4 aromatic rings. The summed E-state index contributed by atoms with van der Waals surface area (Å²) in [4.78, 5) is 0. The summed E-state index contributed by atoms with van der Waals surface area (Å²) in [6.07, 6.45) is 0. The molecule has 4 heteroatoms. The van der Waals surface area contributed by atoms with Crippen molar-refractivity contribution in [3.05, 3.63) is 54.6 Å². The van der Waals surface area contributed by atoms with Crippen molar-refractivity contribution in [2.45, 2.75) is 38.9 Å². The first-order valence-corrected chi connectivity index (χ1v) is 9.06. The minimum Gasteiger partial charge on any atom is -0.455 e. The molecule has 5 rings (SSSR count). The molecule has 2 heterocycles. The topological polar surface area (TPSA) is 31.6 Å². The van der Waals surface area contributed by atoms with Crippen molar-refractivity contribution in [2.24, 2.45) is 0 Å². The highest BCUT2D eigenvalue weighted by Crippen LogP contribution is 2.38. The van der Waals surface area contributed by atoms with Crippen molar-refractivity contribution in [3.8, 4) is 0 Å². The Balaban J connectivity index is 1.79. The van der Waals surface area contributed by atoms with Gasteiger partial charge in [0.15, 0.2) is 0 Å². The van der Waals surface area contributed by atoms with E-state index in [-0.39, 0.29) is 11.2 Å². The molecule has 0 saturated carbocycles. The second-order valence-corrected chi connectivity index (χ2v) is 8.07. The van der Waals surface area contributed by atoms with Crippen LogP contribution in [0, 0.1) is 0 Å². The lowest BCUT2D eigenvalue weighted by Crippen LogP contribution is -2.41. The zero-order valence-corrected chi connectivity index (χ0v) is 15.5. The number of hydrogen-bond donors (Lipinski definition) is 0. The Kier molecular flexibility index (Phi) is 3.14. The molecule has 0 spiro atoms. The predicted molar refractivity (Wildman–Crippen MR) is 107 cm³/mol. The van der Waals surface area contributed by atoms with Gasteiger partial charge in [-0.2, -0.15) is 0 Å². The Hall–Kier alpha value is -2.30. The van der Waals surface area contributed by atoms with Crippen LogP contribution in [0.15, 0.2) is 59.0 Å². The quantitative estimate of drug-likeness (QED) is 0.454. The van der Waals surface area contributed by atoms with Crippen LogP contribution in [0.25, 0.3) is 32.7 Å². The van der Waals surface area contributed by atoms with Crippen molar-refractivity contribution < 1.29 is 13.7 Å². The Morgan fingerprint density at radius 1 is 0.731 bits per heavy atom. The van der Waals surface area contributed by atoms with Gasteiger partial charge in [0, 0.05) is 16.2 Å². The zero-order chi connectivity index (χ0) is 18.1. The molecule has 26 heavy (non-hydrogen) atoms. The second-order valence-electron chi connectivity index (χ2n) is 8.07. The van der Waals surface area contributed by atoms with E-state index in [1.54, 1.807) is 0 Å².